The molecule has 1 aliphatic heterocycles. The average Bonchev–Trinajstić information content (AvgIpc) is 3.22. The smallest absolute Gasteiger partial charge is 0.410 e. The van der Waals surface area contributed by atoms with E-state index in [9.17, 15) is 14.0 Å². The highest BCUT2D eigenvalue weighted by Crippen LogP contribution is 2.48. The number of nitrogens with zero attached hydrogens (tertiary/aromatic N) is 2. The molecule has 2 fully saturated rings. The fourth-order valence-electron chi connectivity index (χ4n) is 5.65. The van der Waals surface area contributed by atoms with E-state index in [-0.39, 0.29) is 24.3 Å². The number of hydrogen-bond donors (Lipinski definition) is 1. The Labute approximate surface area is 213 Å². The van der Waals surface area contributed by atoms with Gasteiger partial charge in [0, 0.05) is 43.3 Å². The first-order valence-electron chi connectivity index (χ1n) is 13.3. The zero-order chi connectivity index (χ0) is 25.9. The molecule has 1 aromatic heterocycles. The van der Waals surface area contributed by atoms with E-state index in [0.29, 0.717) is 30.3 Å². The standard InChI is InChI=1S/C28H40FN3O4/c1-5-35-25(33)8-14-30-23-18-20-9-15-32(24(20)19-22(23)29)21-6-10-28(11-7-21)12-16-31(17-13-28)26(34)36-27(2,3)4/h9,15,18-19,21,30H,5-8,10-14,16-17H2,1-4H3. The molecule has 0 atom stereocenters. The van der Waals surface area contributed by atoms with Crippen molar-refractivity contribution in [1.82, 2.24) is 9.47 Å². The van der Waals surface area contributed by atoms with E-state index in [0.717, 1.165) is 62.5 Å². The van der Waals surface area contributed by atoms with Crippen molar-refractivity contribution >= 4 is 28.7 Å². The number of carbonyl (C=O) groups is 2. The largest absolute Gasteiger partial charge is 0.466 e. The first-order chi connectivity index (χ1) is 17.1. The van der Waals surface area contributed by atoms with Crippen LogP contribution >= 0.6 is 0 Å². The number of rotatable bonds is 6. The SMILES string of the molecule is CCOC(=O)CCNc1cc2ccn(C3CCC4(CC3)CCN(C(=O)OC(C)(C)C)CC4)c2cc1F. The van der Waals surface area contributed by atoms with Gasteiger partial charge in [-0.3, -0.25) is 4.79 Å². The van der Waals surface area contributed by atoms with Gasteiger partial charge in [-0.05, 0) is 83.8 Å². The number of fused-ring (bicyclic) bond motifs is 1. The van der Waals surface area contributed by atoms with Gasteiger partial charge in [-0.2, -0.15) is 0 Å². The molecule has 7 nitrogen and oxygen atoms in total. The van der Waals surface area contributed by atoms with E-state index in [4.69, 9.17) is 9.47 Å². The van der Waals surface area contributed by atoms with Crippen LogP contribution in [0.3, 0.4) is 0 Å². The predicted octanol–water partition coefficient (Wildman–Crippen LogP) is 6.28. The van der Waals surface area contributed by atoms with Crippen molar-refractivity contribution < 1.29 is 23.5 Å². The van der Waals surface area contributed by atoms with Crippen LogP contribution in [0.25, 0.3) is 10.9 Å². The van der Waals surface area contributed by atoms with Crippen LogP contribution in [0.2, 0.25) is 0 Å². The van der Waals surface area contributed by atoms with E-state index in [2.05, 4.69) is 16.1 Å². The summed E-state index contributed by atoms with van der Waals surface area (Å²) < 4.78 is 27.6. The lowest BCUT2D eigenvalue weighted by atomic mass is 9.67. The highest BCUT2D eigenvalue weighted by Gasteiger charge is 2.40. The van der Waals surface area contributed by atoms with Crippen LogP contribution in [0.4, 0.5) is 14.9 Å². The number of hydrogen-bond acceptors (Lipinski definition) is 5. The maximum absolute atomic E-state index is 14.9. The Bertz CT molecular complexity index is 1070. The maximum Gasteiger partial charge on any atom is 0.410 e. The normalized spacial score (nSPS) is 18.4. The summed E-state index contributed by atoms with van der Waals surface area (Å²) in [6.07, 6.45) is 8.44. The summed E-state index contributed by atoms with van der Waals surface area (Å²) in [6.45, 7) is 9.66. The van der Waals surface area contributed by atoms with Crippen molar-refractivity contribution in [2.45, 2.75) is 84.3 Å². The van der Waals surface area contributed by atoms with Crippen LogP contribution in [0.1, 0.15) is 78.7 Å². The Balaban J connectivity index is 1.34. The van der Waals surface area contributed by atoms with Gasteiger partial charge in [-0.25, -0.2) is 9.18 Å². The van der Waals surface area contributed by atoms with Gasteiger partial charge in [-0.1, -0.05) is 0 Å². The minimum absolute atomic E-state index is 0.200. The lowest BCUT2D eigenvalue weighted by molar-refractivity contribution is -0.142. The summed E-state index contributed by atoms with van der Waals surface area (Å²) in [5.74, 6) is -0.601. The Morgan fingerprint density at radius 1 is 1.14 bits per heavy atom. The van der Waals surface area contributed by atoms with Gasteiger partial charge in [0.15, 0.2) is 0 Å². The molecule has 1 amide bonds. The Morgan fingerprint density at radius 3 is 2.47 bits per heavy atom. The molecule has 1 N–H and O–H groups in total. The van der Waals surface area contributed by atoms with Crippen molar-refractivity contribution in [3.8, 4) is 0 Å². The third-order valence-corrected chi connectivity index (χ3v) is 7.64. The minimum Gasteiger partial charge on any atom is -0.466 e. The number of ether oxygens (including phenoxy) is 2. The highest BCUT2D eigenvalue weighted by atomic mass is 19.1. The summed E-state index contributed by atoms with van der Waals surface area (Å²) in [5, 5.41) is 4.01. The molecule has 1 aliphatic carbocycles. The van der Waals surface area contributed by atoms with Crippen LogP contribution < -0.4 is 5.32 Å². The summed E-state index contributed by atoms with van der Waals surface area (Å²) in [6, 6.07) is 5.81. The first-order valence-corrected chi connectivity index (χ1v) is 13.3. The van der Waals surface area contributed by atoms with Gasteiger partial charge < -0.3 is 24.3 Å². The third-order valence-electron chi connectivity index (χ3n) is 7.64. The number of piperidine rings is 1. The van der Waals surface area contributed by atoms with Gasteiger partial charge in [-0.15, -0.1) is 0 Å². The fraction of sp³-hybridized carbons (Fsp3) is 0.643. The molecule has 0 bridgehead atoms. The number of likely N-dealkylation sites (tertiary alicyclic amines) is 1. The maximum atomic E-state index is 14.9. The molecule has 2 aromatic rings. The van der Waals surface area contributed by atoms with E-state index >= 15 is 0 Å². The second-order valence-corrected chi connectivity index (χ2v) is 11.3. The Morgan fingerprint density at radius 2 is 1.83 bits per heavy atom. The second-order valence-electron chi connectivity index (χ2n) is 11.3. The fourth-order valence-corrected chi connectivity index (χ4v) is 5.65. The molecule has 1 saturated heterocycles. The van der Waals surface area contributed by atoms with Crippen molar-refractivity contribution in [3.05, 3.63) is 30.2 Å². The Hall–Kier alpha value is -2.77. The quantitative estimate of drug-likeness (QED) is 0.472. The van der Waals surface area contributed by atoms with Crippen LogP contribution in [-0.4, -0.2) is 53.4 Å². The number of aromatic nitrogens is 1. The summed E-state index contributed by atoms with van der Waals surface area (Å²) >= 11 is 0. The molecule has 198 valence electrons. The lowest BCUT2D eigenvalue weighted by Gasteiger charge is -2.46. The third kappa shape index (κ3) is 6.13. The molecule has 0 unspecified atom stereocenters. The van der Waals surface area contributed by atoms with E-state index in [1.54, 1.807) is 13.0 Å². The number of amides is 1. The monoisotopic (exact) mass is 501 g/mol. The van der Waals surface area contributed by atoms with Gasteiger partial charge in [0.2, 0.25) is 0 Å². The topological polar surface area (TPSA) is 72.8 Å². The molecule has 1 aromatic carbocycles. The van der Waals surface area contributed by atoms with Gasteiger partial charge in [0.1, 0.15) is 11.4 Å². The molecule has 1 saturated carbocycles. The van der Waals surface area contributed by atoms with Crippen molar-refractivity contribution in [3.63, 3.8) is 0 Å². The van der Waals surface area contributed by atoms with Gasteiger partial charge in [0.25, 0.3) is 0 Å². The van der Waals surface area contributed by atoms with E-state index < -0.39 is 5.60 Å². The number of carbonyl (C=O) groups excluding carboxylic acids is 2. The molecule has 8 heteroatoms. The molecule has 0 radical (unpaired) electrons. The van der Waals surface area contributed by atoms with Gasteiger partial charge in [0.05, 0.1) is 24.2 Å². The van der Waals surface area contributed by atoms with E-state index in [1.807, 2.05) is 37.8 Å². The summed E-state index contributed by atoms with van der Waals surface area (Å²) in [7, 11) is 0. The predicted molar refractivity (Wildman–Crippen MR) is 139 cm³/mol. The number of esters is 1. The lowest BCUT2D eigenvalue weighted by Crippen LogP contribution is -2.46. The highest BCUT2D eigenvalue weighted by molar-refractivity contribution is 5.84. The Kier molecular flexibility index (Phi) is 7.81. The van der Waals surface area contributed by atoms with E-state index in [1.165, 1.54) is 0 Å². The summed E-state index contributed by atoms with van der Waals surface area (Å²) in [5.41, 5.74) is 1.13. The minimum atomic E-state index is -0.469. The van der Waals surface area contributed by atoms with Crippen molar-refractivity contribution in [2.24, 2.45) is 5.41 Å². The number of anilines is 1. The second kappa shape index (κ2) is 10.7. The average molecular weight is 502 g/mol. The van der Waals surface area contributed by atoms with Crippen LogP contribution in [-0.2, 0) is 14.3 Å². The molecule has 4 rings (SSSR count). The zero-order valence-corrected chi connectivity index (χ0v) is 22.1. The number of nitrogens with one attached hydrogen (secondary N) is 1. The number of benzene rings is 1. The molecule has 1 spiro atoms. The van der Waals surface area contributed by atoms with Crippen LogP contribution in [0, 0.1) is 11.2 Å². The van der Waals surface area contributed by atoms with Crippen LogP contribution in [0.5, 0.6) is 0 Å². The molecule has 36 heavy (non-hydrogen) atoms. The summed E-state index contributed by atoms with van der Waals surface area (Å²) in [4.78, 5) is 25.8. The molecular weight excluding hydrogens is 461 g/mol. The molecule has 2 aliphatic rings. The van der Waals surface area contributed by atoms with Crippen molar-refractivity contribution in [2.75, 3.05) is 31.6 Å². The zero-order valence-electron chi connectivity index (χ0n) is 22.1. The number of halogens is 1. The van der Waals surface area contributed by atoms with Crippen LogP contribution in [0.15, 0.2) is 24.4 Å². The van der Waals surface area contributed by atoms with Gasteiger partial charge >= 0.3 is 12.1 Å². The first kappa shape index (κ1) is 26.3. The molecular formula is C28H40FN3O4. The molecule has 2 heterocycles. The van der Waals surface area contributed by atoms with Crippen molar-refractivity contribution in [1.29, 1.82) is 0 Å².